The molecule has 0 aromatic heterocycles. The van der Waals surface area contributed by atoms with E-state index in [4.69, 9.17) is 4.74 Å². The number of ether oxygens (including phenoxy) is 1. The Balaban J connectivity index is 1.96. The molecule has 0 saturated heterocycles. The molecule has 21 heavy (non-hydrogen) atoms. The molecule has 110 valence electrons. The molecule has 0 heterocycles. The molecule has 1 unspecified atom stereocenters. The fraction of sp³-hybridized carbons (Fsp3) is 0.263. The first-order valence-electron chi connectivity index (χ1n) is 7.39. The smallest absolute Gasteiger partial charge is 0.127 e. The third-order valence-electron chi connectivity index (χ3n) is 3.57. The maximum atomic E-state index is 6.01. The van der Waals surface area contributed by atoms with Crippen LogP contribution in [-0.2, 0) is 11.3 Å². The van der Waals surface area contributed by atoms with Crippen molar-refractivity contribution in [2.75, 3.05) is 11.4 Å². The molecular formula is C19H23NO. The Bertz CT molecular complexity index is 548. The van der Waals surface area contributed by atoms with Crippen molar-refractivity contribution < 1.29 is 4.74 Å². The first-order valence-corrected chi connectivity index (χ1v) is 7.39. The van der Waals surface area contributed by atoms with Gasteiger partial charge in [-0.1, -0.05) is 55.1 Å². The van der Waals surface area contributed by atoms with Crippen LogP contribution in [-0.4, -0.2) is 12.8 Å². The lowest BCUT2D eigenvalue weighted by Crippen LogP contribution is -2.34. The molecule has 2 rings (SSSR count). The van der Waals surface area contributed by atoms with Gasteiger partial charge in [0.05, 0.1) is 6.61 Å². The summed E-state index contributed by atoms with van der Waals surface area (Å²) in [5.41, 5.74) is 3.50. The Morgan fingerprint density at radius 3 is 2.33 bits per heavy atom. The van der Waals surface area contributed by atoms with Gasteiger partial charge < -0.3 is 9.64 Å². The van der Waals surface area contributed by atoms with E-state index in [1.54, 1.807) is 0 Å². The summed E-state index contributed by atoms with van der Waals surface area (Å²) in [7, 11) is 0. The van der Waals surface area contributed by atoms with Gasteiger partial charge in [-0.05, 0) is 37.1 Å². The first kappa shape index (κ1) is 15.3. The van der Waals surface area contributed by atoms with Crippen molar-refractivity contribution in [3.05, 3.63) is 72.3 Å². The maximum absolute atomic E-state index is 6.01. The van der Waals surface area contributed by atoms with Crippen molar-refractivity contribution in [3.63, 3.8) is 0 Å². The Hall–Kier alpha value is -2.06. The molecule has 0 spiro atoms. The Morgan fingerprint density at radius 1 is 1.10 bits per heavy atom. The number of nitrogens with zero attached hydrogens (tertiary/aromatic N) is 1. The monoisotopic (exact) mass is 281 g/mol. The van der Waals surface area contributed by atoms with Crippen molar-refractivity contribution in [3.8, 4) is 0 Å². The summed E-state index contributed by atoms with van der Waals surface area (Å²) in [5, 5.41) is 0. The van der Waals surface area contributed by atoms with E-state index >= 15 is 0 Å². The van der Waals surface area contributed by atoms with Crippen LogP contribution in [0.25, 0.3) is 6.08 Å². The minimum atomic E-state index is 0.0384. The molecule has 0 bridgehead atoms. The number of anilines is 1. The summed E-state index contributed by atoms with van der Waals surface area (Å²) in [4.78, 5) is 2.25. The van der Waals surface area contributed by atoms with E-state index in [9.17, 15) is 0 Å². The van der Waals surface area contributed by atoms with Crippen molar-refractivity contribution in [1.82, 2.24) is 0 Å². The quantitative estimate of drug-likeness (QED) is 0.681. The van der Waals surface area contributed by atoms with Gasteiger partial charge >= 0.3 is 0 Å². The summed E-state index contributed by atoms with van der Waals surface area (Å²) in [6, 6.07) is 18.7. The van der Waals surface area contributed by atoms with Crippen LogP contribution in [0.1, 0.15) is 25.0 Å². The number of benzene rings is 2. The molecule has 0 aliphatic rings. The summed E-state index contributed by atoms with van der Waals surface area (Å²) in [6.07, 6.45) is 1.89. The third kappa shape index (κ3) is 4.20. The number of para-hydroxylation sites is 1. The van der Waals surface area contributed by atoms with Crippen LogP contribution in [0.4, 0.5) is 5.69 Å². The van der Waals surface area contributed by atoms with Gasteiger partial charge in [0.2, 0.25) is 0 Å². The van der Waals surface area contributed by atoms with E-state index in [1.807, 2.05) is 12.1 Å². The zero-order chi connectivity index (χ0) is 15.1. The molecule has 0 aliphatic heterocycles. The average molecular weight is 281 g/mol. The molecule has 2 nitrogen and oxygen atoms in total. The van der Waals surface area contributed by atoms with E-state index in [2.05, 4.69) is 73.9 Å². The van der Waals surface area contributed by atoms with Crippen molar-refractivity contribution >= 4 is 11.8 Å². The van der Waals surface area contributed by atoms with E-state index in [-0.39, 0.29) is 6.23 Å². The maximum Gasteiger partial charge on any atom is 0.127 e. The van der Waals surface area contributed by atoms with E-state index < -0.39 is 0 Å². The molecule has 0 radical (unpaired) electrons. The second kappa shape index (κ2) is 7.65. The van der Waals surface area contributed by atoms with Crippen LogP contribution in [0.15, 0.2) is 61.2 Å². The van der Waals surface area contributed by atoms with Gasteiger partial charge in [0, 0.05) is 12.2 Å². The van der Waals surface area contributed by atoms with Gasteiger partial charge in [0.1, 0.15) is 6.23 Å². The number of hydrogen-bond donors (Lipinski definition) is 0. The minimum absolute atomic E-state index is 0.0384. The fourth-order valence-corrected chi connectivity index (χ4v) is 2.33. The second-order valence-corrected chi connectivity index (χ2v) is 4.98. The summed E-state index contributed by atoms with van der Waals surface area (Å²) in [6.45, 7) is 9.53. The van der Waals surface area contributed by atoms with E-state index in [1.165, 1.54) is 11.3 Å². The summed E-state index contributed by atoms with van der Waals surface area (Å²) >= 11 is 0. The van der Waals surface area contributed by atoms with E-state index in [0.717, 1.165) is 12.1 Å². The van der Waals surface area contributed by atoms with Gasteiger partial charge in [-0.15, -0.1) is 0 Å². The molecule has 0 saturated carbocycles. The van der Waals surface area contributed by atoms with Crippen LogP contribution in [0, 0.1) is 0 Å². The van der Waals surface area contributed by atoms with Crippen LogP contribution in [0.5, 0.6) is 0 Å². The summed E-state index contributed by atoms with van der Waals surface area (Å²) in [5.74, 6) is 0. The fourth-order valence-electron chi connectivity index (χ4n) is 2.33. The molecule has 2 aromatic rings. The highest BCUT2D eigenvalue weighted by Crippen LogP contribution is 2.17. The highest BCUT2D eigenvalue weighted by Gasteiger charge is 2.12. The predicted octanol–water partition coefficient (Wildman–Crippen LogP) is 4.72. The largest absolute Gasteiger partial charge is 0.354 e. The van der Waals surface area contributed by atoms with Gasteiger partial charge in [0.25, 0.3) is 0 Å². The van der Waals surface area contributed by atoms with Gasteiger partial charge in [-0.2, -0.15) is 0 Å². The molecule has 1 atom stereocenters. The lowest BCUT2D eigenvalue weighted by atomic mass is 10.1. The third-order valence-corrected chi connectivity index (χ3v) is 3.57. The standard InChI is InChI=1S/C19H23NO/c1-4-17-11-13-18(14-12-17)15-21-16(3)20(5-2)19-9-7-6-8-10-19/h4,6-14,16H,1,5,15H2,2-3H3. The van der Waals surface area contributed by atoms with Gasteiger partial charge in [0.15, 0.2) is 0 Å². The van der Waals surface area contributed by atoms with Crippen molar-refractivity contribution in [2.45, 2.75) is 26.7 Å². The molecule has 0 N–H and O–H groups in total. The number of rotatable bonds is 7. The van der Waals surface area contributed by atoms with Crippen LogP contribution >= 0.6 is 0 Å². The van der Waals surface area contributed by atoms with Gasteiger partial charge in [-0.25, -0.2) is 0 Å². The minimum Gasteiger partial charge on any atom is -0.354 e. The molecule has 0 aliphatic carbocycles. The predicted molar refractivity (Wildman–Crippen MR) is 90.2 cm³/mol. The van der Waals surface area contributed by atoms with Gasteiger partial charge in [-0.3, -0.25) is 0 Å². The molecule has 2 heteroatoms. The van der Waals surface area contributed by atoms with Crippen molar-refractivity contribution in [1.29, 1.82) is 0 Å². The Labute approximate surface area is 127 Å². The Morgan fingerprint density at radius 2 is 1.76 bits per heavy atom. The number of hydrogen-bond acceptors (Lipinski definition) is 2. The Kier molecular flexibility index (Phi) is 5.59. The van der Waals surface area contributed by atoms with Crippen LogP contribution < -0.4 is 4.90 Å². The first-order chi connectivity index (χ1) is 10.2. The lowest BCUT2D eigenvalue weighted by molar-refractivity contribution is 0.0512. The molecular weight excluding hydrogens is 258 g/mol. The van der Waals surface area contributed by atoms with Crippen LogP contribution in [0.2, 0.25) is 0 Å². The highest BCUT2D eigenvalue weighted by molar-refractivity contribution is 5.47. The lowest BCUT2D eigenvalue weighted by Gasteiger charge is -2.30. The summed E-state index contributed by atoms with van der Waals surface area (Å²) < 4.78 is 6.01. The normalized spacial score (nSPS) is 11.9. The molecule has 0 amide bonds. The SMILES string of the molecule is C=Cc1ccc(COC(C)N(CC)c2ccccc2)cc1. The topological polar surface area (TPSA) is 12.5 Å². The average Bonchev–Trinajstić information content (AvgIpc) is 2.55. The zero-order valence-corrected chi connectivity index (χ0v) is 12.8. The zero-order valence-electron chi connectivity index (χ0n) is 12.8. The highest BCUT2D eigenvalue weighted by atomic mass is 16.5. The van der Waals surface area contributed by atoms with Crippen molar-refractivity contribution in [2.24, 2.45) is 0 Å². The van der Waals surface area contributed by atoms with E-state index in [0.29, 0.717) is 6.61 Å². The molecule has 0 fully saturated rings. The second-order valence-electron chi connectivity index (χ2n) is 4.98. The molecule has 2 aromatic carbocycles. The van der Waals surface area contributed by atoms with Crippen LogP contribution in [0.3, 0.4) is 0 Å².